The van der Waals surface area contributed by atoms with Crippen molar-refractivity contribution in [3.63, 3.8) is 0 Å². The molecule has 0 heterocycles. The molecule has 1 aliphatic rings. The maximum absolute atomic E-state index is 13.3. The third kappa shape index (κ3) is 2.74. The monoisotopic (exact) mass is 240 g/mol. The Morgan fingerprint density at radius 3 is 2.62 bits per heavy atom. The maximum atomic E-state index is 13.3. The van der Waals surface area contributed by atoms with E-state index in [1.165, 1.54) is 44.2 Å². The highest BCUT2D eigenvalue weighted by Gasteiger charge is 2.16. The molecular formula is C13H18FOP. The van der Waals surface area contributed by atoms with Gasteiger partial charge in [-0.1, -0.05) is 27.8 Å². The molecule has 1 fully saturated rings. The van der Waals surface area contributed by atoms with Gasteiger partial charge < -0.3 is 5.11 Å². The van der Waals surface area contributed by atoms with E-state index in [4.69, 9.17) is 0 Å². The molecule has 88 valence electrons. The number of aromatic hydroxyl groups is 1. The first kappa shape index (κ1) is 11.9. The van der Waals surface area contributed by atoms with Crippen molar-refractivity contribution >= 4 is 13.9 Å². The molecule has 1 nitrogen and oxygen atoms in total. The predicted octanol–water partition coefficient (Wildman–Crippen LogP) is 3.48. The molecule has 1 aliphatic carbocycles. The van der Waals surface area contributed by atoms with Crippen molar-refractivity contribution in [1.29, 1.82) is 0 Å². The second-order valence-corrected chi connectivity index (χ2v) is 6.24. The number of phenolic OH excluding ortho intramolecular Hbond substituents is 1. The number of halogens is 1. The highest BCUT2D eigenvalue weighted by molar-refractivity contribution is 7.48. The first-order valence-corrected chi connectivity index (χ1v) is 7.00. The lowest BCUT2D eigenvalue weighted by Gasteiger charge is -2.22. The number of hydrogen-bond acceptors (Lipinski definition) is 1. The van der Waals surface area contributed by atoms with E-state index in [0.29, 0.717) is 25.6 Å². The molecule has 0 spiro atoms. The Bertz CT molecular complexity index is 372. The third-order valence-corrected chi connectivity index (χ3v) is 4.91. The summed E-state index contributed by atoms with van der Waals surface area (Å²) in [5.74, 6) is 0.0684. The van der Waals surface area contributed by atoms with E-state index in [1.54, 1.807) is 6.92 Å². The minimum Gasteiger partial charge on any atom is -0.507 e. The molecule has 2 rings (SSSR count). The van der Waals surface area contributed by atoms with Crippen molar-refractivity contribution in [1.82, 2.24) is 0 Å². The van der Waals surface area contributed by atoms with Crippen LogP contribution in [0.25, 0.3) is 0 Å². The zero-order chi connectivity index (χ0) is 11.5. The van der Waals surface area contributed by atoms with Crippen LogP contribution in [0.4, 0.5) is 4.39 Å². The van der Waals surface area contributed by atoms with Crippen molar-refractivity contribution in [3.8, 4) is 5.75 Å². The lowest BCUT2D eigenvalue weighted by atomic mass is 10.0. The summed E-state index contributed by atoms with van der Waals surface area (Å²) < 4.78 is 13.3. The summed E-state index contributed by atoms with van der Waals surface area (Å²) in [5, 5.41) is 10.7. The summed E-state index contributed by atoms with van der Waals surface area (Å²) in [4.78, 5) is 0. The van der Waals surface area contributed by atoms with Gasteiger partial charge in [-0.15, -0.1) is 0 Å². The standard InChI is InChI=1S/C13H18FOP/c1-9-7-10(14)8-12(13(9)15)16-11-5-3-2-4-6-11/h7-8,11,15-16H,2-6H2,1H3. The van der Waals surface area contributed by atoms with Gasteiger partial charge in [0.1, 0.15) is 11.6 Å². The van der Waals surface area contributed by atoms with E-state index in [2.05, 4.69) is 0 Å². The van der Waals surface area contributed by atoms with Crippen molar-refractivity contribution in [2.45, 2.75) is 44.7 Å². The van der Waals surface area contributed by atoms with Crippen LogP contribution >= 0.6 is 8.58 Å². The molecule has 3 heteroatoms. The number of aryl methyl sites for hydroxylation is 1. The van der Waals surface area contributed by atoms with Gasteiger partial charge in [0, 0.05) is 5.30 Å². The molecule has 0 radical (unpaired) electrons. The minimum absolute atomic E-state index is 0.228. The van der Waals surface area contributed by atoms with E-state index >= 15 is 0 Å². The minimum atomic E-state index is -0.228. The third-order valence-electron chi connectivity index (χ3n) is 3.23. The topological polar surface area (TPSA) is 20.2 Å². The van der Waals surface area contributed by atoms with Crippen molar-refractivity contribution in [2.24, 2.45) is 0 Å². The first-order chi connectivity index (χ1) is 7.66. The van der Waals surface area contributed by atoms with E-state index < -0.39 is 0 Å². The first-order valence-electron chi connectivity index (χ1n) is 5.92. The highest BCUT2D eigenvalue weighted by atomic mass is 31.1. The molecule has 0 amide bonds. The average Bonchev–Trinajstić information content (AvgIpc) is 2.27. The highest BCUT2D eigenvalue weighted by Crippen LogP contribution is 2.35. The van der Waals surface area contributed by atoms with E-state index in [9.17, 15) is 9.50 Å². The molecule has 1 aromatic carbocycles. The number of benzene rings is 1. The van der Waals surface area contributed by atoms with Crippen LogP contribution in [0.5, 0.6) is 5.75 Å². The SMILES string of the molecule is Cc1cc(F)cc(PC2CCCCC2)c1O. The lowest BCUT2D eigenvalue weighted by molar-refractivity contribution is 0.473. The summed E-state index contributed by atoms with van der Waals surface area (Å²) in [6.45, 7) is 1.76. The number of phenols is 1. The van der Waals surface area contributed by atoms with Crippen molar-refractivity contribution in [2.75, 3.05) is 0 Å². The van der Waals surface area contributed by atoms with Crippen molar-refractivity contribution in [3.05, 3.63) is 23.5 Å². The fourth-order valence-corrected chi connectivity index (χ4v) is 4.00. The second-order valence-electron chi connectivity index (χ2n) is 4.60. The Balaban J connectivity index is 2.13. The summed E-state index contributed by atoms with van der Waals surface area (Å²) in [5.41, 5.74) is 1.30. The number of hydrogen-bond donors (Lipinski definition) is 1. The number of rotatable bonds is 2. The molecule has 1 unspecified atom stereocenters. The zero-order valence-corrected chi connectivity index (χ0v) is 10.6. The molecule has 1 atom stereocenters. The summed E-state index contributed by atoms with van der Waals surface area (Å²) in [6, 6.07) is 2.89. The fraction of sp³-hybridized carbons (Fsp3) is 0.538. The molecule has 0 saturated heterocycles. The van der Waals surface area contributed by atoms with Gasteiger partial charge >= 0.3 is 0 Å². The van der Waals surface area contributed by atoms with Crippen molar-refractivity contribution < 1.29 is 9.50 Å². The van der Waals surface area contributed by atoms with E-state index in [1.807, 2.05) is 0 Å². The Morgan fingerprint density at radius 1 is 1.25 bits per heavy atom. The van der Waals surface area contributed by atoms with Gasteiger partial charge in [-0.05, 0) is 43.1 Å². The quantitative estimate of drug-likeness (QED) is 0.785. The fourth-order valence-electron chi connectivity index (χ4n) is 2.31. The average molecular weight is 240 g/mol. The molecule has 0 aliphatic heterocycles. The van der Waals surface area contributed by atoms with Gasteiger partial charge in [0.25, 0.3) is 0 Å². The Labute approximate surface area is 97.9 Å². The summed E-state index contributed by atoms with van der Waals surface area (Å²) in [6.07, 6.45) is 6.36. The van der Waals surface area contributed by atoms with Crippen LogP contribution in [0.15, 0.2) is 12.1 Å². The molecule has 16 heavy (non-hydrogen) atoms. The van der Waals surface area contributed by atoms with Crippen LogP contribution in [0.2, 0.25) is 0 Å². The van der Waals surface area contributed by atoms with Gasteiger partial charge in [-0.2, -0.15) is 0 Å². The Hall–Kier alpha value is -0.620. The molecule has 0 aromatic heterocycles. The Kier molecular flexibility index (Phi) is 3.81. The Morgan fingerprint density at radius 2 is 1.94 bits per heavy atom. The largest absolute Gasteiger partial charge is 0.507 e. The maximum Gasteiger partial charge on any atom is 0.126 e. The normalized spacial score (nSPS) is 18.4. The second kappa shape index (κ2) is 5.14. The van der Waals surface area contributed by atoms with Crippen LogP contribution < -0.4 is 5.30 Å². The molecule has 1 saturated carbocycles. The van der Waals surface area contributed by atoms with Crippen LogP contribution in [0.1, 0.15) is 37.7 Å². The molecule has 1 aromatic rings. The van der Waals surface area contributed by atoms with Gasteiger partial charge in [0.2, 0.25) is 0 Å². The van der Waals surface area contributed by atoms with Crippen LogP contribution in [0.3, 0.4) is 0 Å². The van der Waals surface area contributed by atoms with E-state index in [-0.39, 0.29) is 5.82 Å². The summed E-state index contributed by atoms with van der Waals surface area (Å²) in [7, 11) is 0.555. The molecule has 0 bridgehead atoms. The van der Waals surface area contributed by atoms with Crippen LogP contribution in [-0.2, 0) is 0 Å². The molecule has 1 N–H and O–H groups in total. The van der Waals surface area contributed by atoms with Crippen LogP contribution in [-0.4, -0.2) is 10.8 Å². The smallest absolute Gasteiger partial charge is 0.126 e. The lowest BCUT2D eigenvalue weighted by Crippen LogP contribution is -2.12. The van der Waals surface area contributed by atoms with Crippen LogP contribution in [0, 0.1) is 12.7 Å². The van der Waals surface area contributed by atoms with E-state index in [0.717, 1.165) is 5.30 Å². The van der Waals surface area contributed by atoms with Gasteiger partial charge in [0.05, 0.1) is 0 Å². The summed E-state index contributed by atoms with van der Waals surface area (Å²) >= 11 is 0. The zero-order valence-electron chi connectivity index (χ0n) is 9.59. The van der Waals surface area contributed by atoms with Gasteiger partial charge in [0.15, 0.2) is 0 Å². The molecular weight excluding hydrogens is 222 g/mol. The predicted molar refractivity (Wildman–Crippen MR) is 67.6 cm³/mol. The van der Waals surface area contributed by atoms with Gasteiger partial charge in [-0.25, -0.2) is 4.39 Å². The van der Waals surface area contributed by atoms with Gasteiger partial charge in [-0.3, -0.25) is 0 Å².